The van der Waals surface area contributed by atoms with Gasteiger partial charge in [0.15, 0.2) is 0 Å². The molecule has 0 spiro atoms. The van der Waals surface area contributed by atoms with Gasteiger partial charge in [0.25, 0.3) is 5.91 Å². The van der Waals surface area contributed by atoms with Crippen LogP contribution in [-0.4, -0.2) is 68.7 Å². The van der Waals surface area contributed by atoms with E-state index in [1.54, 1.807) is 47.4 Å². The van der Waals surface area contributed by atoms with Crippen LogP contribution in [0.15, 0.2) is 83.8 Å². The molecular formula is C28H31FN4O4S. The van der Waals surface area contributed by atoms with Gasteiger partial charge in [-0.3, -0.25) is 9.59 Å². The van der Waals surface area contributed by atoms with Gasteiger partial charge in [-0.25, -0.2) is 12.8 Å². The Balaban J connectivity index is 1.33. The van der Waals surface area contributed by atoms with Gasteiger partial charge in [-0.05, 0) is 55.0 Å². The first kappa shape index (κ1) is 27.3. The van der Waals surface area contributed by atoms with Crippen molar-refractivity contribution in [3.63, 3.8) is 0 Å². The van der Waals surface area contributed by atoms with Crippen molar-refractivity contribution >= 4 is 33.2 Å². The summed E-state index contributed by atoms with van der Waals surface area (Å²) in [4.78, 5) is 29.3. The predicted molar refractivity (Wildman–Crippen MR) is 145 cm³/mol. The topological polar surface area (TPSA) is 90.0 Å². The fourth-order valence-electron chi connectivity index (χ4n) is 4.36. The predicted octanol–water partition coefficient (Wildman–Crippen LogP) is 3.83. The molecule has 2 amide bonds. The van der Waals surface area contributed by atoms with Gasteiger partial charge in [-0.15, -0.1) is 0 Å². The molecule has 1 N–H and O–H groups in total. The molecule has 0 bridgehead atoms. The summed E-state index contributed by atoms with van der Waals surface area (Å²) in [6.45, 7) is 3.92. The van der Waals surface area contributed by atoms with Crippen LogP contribution in [0.2, 0.25) is 0 Å². The smallest absolute Gasteiger partial charge is 0.256 e. The SMILES string of the molecule is CCCN(CC(=O)Nc1ccc(N2CCN(C(=O)c3ccccc3F)CC2)cc1)S(=O)(=O)c1ccccc1. The maximum atomic E-state index is 14.0. The summed E-state index contributed by atoms with van der Waals surface area (Å²) in [6, 6.07) is 21.3. The molecule has 3 aromatic rings. The summed E-state index contributed by atoms with van der Waals surface area (Å²) in [5.41, 5.74) is 1.57. The molecule has 0 radical (unpaired) electrons. The lowest BCUT2D eigenvalue weighted by molar-refractivity contribution is -0.116. The molecule has 0 saturated carbocycles. The number of carbonyl (C=O) groups excluding carboxylic acids is 2. The average Bonchev–Trinajstić information content (AvgIpc) is 2.94. The van der Waals surface area contributed by atoms with Gasteiger partial charge in [0.2, 0.25) is 15.9 Å². The highest BCUT2D eigenvalue weighted by Gasteiger charge is 2.26. The number of anilines is 2. The summed E-state index contributed by atoms with van der Waals surface area (Å²) in [6.07, 6.45) is 0.577. The van der Waals surface area contributed by atoms with Crippen LogP contribution in [0.5, 0.6) is 0 Å². The van der Waals surface area contributed by atoms with Gasteiger partial charge in [0, 0.05) is 44.1 Å². The molecule has 1 aliphatic rings. The molecule has 1 saturated heterocycles. The minimum absolute atomic E-state index is 0.0788. The van der Waals surface area contributed by atoms with Crippen molar-refractivity contribution in [2.24, 2.45) is 0 Å². The number of hydrogen-bond acceptors (Lipinski definition) is 5. The normalized spacial score (nSPS) is 14.0. The molecule has 1 aliphatic heterocycles. The zero-order chi connectivity index (χ0) is 27.1. The van der Waals surface area contributed by atoms with E-state index in [1.165, 1.54) is 28.6 Å². The number of nitrogens with one attached hydrogen (secondary N) is 1. The second kappa shape index (κ2) is 12.2. The quantitative estimate of drug-likeness (QED) is 0.447. The van der Waals surface area contributed by atoms with Crippen molar-refractivity contribution in [1.82, 2.24) is 9.21 Å². The molecule has 38 heavy (non-hydrogen) atoms. The molecule has 10 heteroatoms. The summed E-state index contributed by atoms with van der Waals surface area (Å²) >= 11 is 0. The third kappa shape index (κ3) is 6.38. The molecule has 0 aromatic heterocycles. The first-order chi connectivity index (χ1) is 18.3. The molecule has 4 rings (SSSR count). The van der Waals surface area contributed by atoms with Crippen molar-refractivity contribution in [3.8, 4) is 0 Å². The number of amides is 2. The highest BCUT2D eigenvalue weighted by molar-refractivity contribution is 7.89. The number of piperazine rings is 1. The van der Waals surface area contributed by atoms with E-state index < -0.39 is 21.7 Å². The van der Waals surface area contributed by atoms with Crippen LogP contribution in [0.25, 0.3) is 0 Å². The lowest BCUT2D eigenvalue weighted by atomic mass is 10.1. The van der Waals surface area contributed by atoms with Crippen LogP contribution in [0, 0.1) is 5.82 Å². The molecule has 8 nitrogen and oxygen atoms in total. The number of halogens is 1. The molecule has 1 heterocycles. The summed E-state index contributed by atoms with van der Waals surface area (Å²) in [7, 11) is -3.79. The number of sulfonamides is 1. The van der Waals surface area contributed by atoms with Crippen LogP contribution in [0.1, 0.15) is 23.7 Å². The molecule has 1 fully saturated rings. The number of rotatable bonds is 9. The van der Waals surface area contributed by atoms with Crippen LogP contribution in [0.3, 0.4) is 0 Å². The van der Waals surface area contributed by atoms with Crippen LogP contribution in [0.4, 0.5) is 15.8 Å². The van der Waals surface area contributed by atoms with Gasteiger partial charge in [-0.1, -0.05) is 37.3 Å². The van der Waals surface area contributed by atoms with E-state index in [0.29, 0.717) is 38.3 Å². The fourth-order valence-corrected chi connectivity index (χ4v) is 5.87. The Bertz CT molecular complexity index is 1360. The minimum Gasteiger partial charge on any atom is -0.368 e. The van der Waals surface area contributed by atoms with Gasteiger partial charge in [0.1, 0.15) is 5.82 Å². The van der Waals surface area contributed by atoms with E-state index in [0.717, 1.165) is 5.69 Å². The number of benzene rings is 3. The lowest BCUT2D eigenvalue weighted by Crippen LogP contribution is -2.49. The van der Waals surface area contributed by atoms with Crippen molar-refractivity contribution in [2.45, 2.75) is 18.2 Å². The Morgan fingerprint density at radius 1 is 0.895 bits per heavy atom. The molecule has 0 unspecified atom stereocenters. The highest BCUT2D eigenvalue weighted by atomic mass is 32.2. The third-order valence-corrected chi connectivity index (χ3v) is 8.22. The monoisotopic (exact) mass is 538 g/mol. The molecule has 3 aromatic carbocycles. The Morgan fingerprint density at radius 2 is 1.53 bits per heavy atom. The van der Waals surface area contributed by atoms with Crippen molar-refractivity contribution < 1.29 is 22.4 Å². The zero-order valence-electron chi connectivity index (χ0n) is 21.2. The van der Waals surface area contributed by atoms with E-state index in [2.05, 4.69) is 10.2 Å². The van der Waals surface area contributed by atoms with Crippen molar-refractivity contribution in [1.29, 1.82) is 0 Å². The van der Waals surface area contributed by atoms with Gasteiger partial charge in [0.05, 0.1) is 17.0 Å². The zero-order valence-corrected chi connectivity index (χ0v) is 22.0. The highest BCUT2D eigenvalue weighted by Crippen LogP contribution is 2.21. The first-order valence-electron chi connectivity index (χ1n) is 12.5. The maximum Gasteiger partial charge on any atom is 0.256 e. The summed E-state index contributed by atoms with van der Waals surface area (Å²) in [5, 5.41) is 2.78. The number of hydrogen-bond donors (Lipinski definition) is 1. The molecular weight excluding hydrogens is 507 g/mol. The number of nitrogens with zero attached hydrogens (tertiary/aromatic N) is 3. The third-order valence-electron chi connectivity index (χ3n) is 6.36. The maximum absolute atomic E-state index is 14.0. The van der Waals surface area contributed by atoms with E-state index in [-0.39, 0.29) is 29.5 Å². The van der Waals surface area contributed by atoms with Gasteiger partial charge in [-0.2, -0.15) is 4.31 Å². The van der Waals surface area contributed by atoms with Gasteiger partial charge >= 0.3 is 0 Å². The van der Waals surface area contributed by atoms with E-state index in [4.69, 9.17) is 0 Å². The second-order valence-electron chi connectivity index (χ2n) is 9.01. The Hall–Kier alpha value is -3.76. The molecule has 200 valence electrons. The average molecular weight is 539 g/mol. The minimum atomic E-state index is -3.79. The van der Waals surface area contributed by atoms with E-state index in [1.807, 2.05) is 19.1 Å². The van der Waals surface area contributed by atoms with E-state index >= 15 is 0 Å². The molecule has 0 aliphatic carbocycles. The van der Waals surface area contributed by atoms with E-state index in [9.17, 15) is 22.4 Å². The number of carbonyl (C=O) groups is 2. The van der Waals surface area contributed by atoms with Crippen LogP contribution in [-0.2, 0) is 14.8 Å². The molecule has 0 atom stereocenters. The van der Waals surface area contributed by atoms with Crippen molar-refractivity contribution in [3.05, 3.63) is 90.2 Å². The Morgan fingerprint density at radius 3 is 2.16 bits per heavy atom. The lowest BCUT2D eigenvalue weighted by Gasteiger charge is -2.36. The largest absolute Gasteiger partial charge is 0.368 e. The fraction of sp³-hybridized carbons (Fsp3) is 0.286. The van der Waals surface area contributed by atoms with Crippen molar-refractivity contribution in [2.75, 3.05) is 49.5 Å². The van der Waals surface area contributed by atoms with Crippen LogP contribution < -0.4 is 10.2 Å². The Kier molecular flexibility index (Phi) is 8.75. The first-order valence-corrected chi connectivity index (χ1v) is 14.0. The summed E-state index contributed by atoms with van der Waals surface area (Å²) in [5.74, 6) is -1.26. The standard InChI is InChI=1S/C28H31FN4O4S/c1-2-16-33(38(36,37)24-8-4-3-5-9-24)21-27(34)30-22-12-14-23(15-13-22)31-17-19-32(20-18-31)28(35)25-10-6-7-11-26(25)29/h3-15H,2,16-21H2,1H3,(H,30,34). The summed E-state index contributed by atoms with van der Waals surface area (Å²) < 4.78 is 41.2. The van der Waals surface area contributed by atoms with Crippen LogP contribution >= 0.6 is 0 Å². The Labute approximate surface area is 222 Å². The second-order valence-corrected chi connectivity index (χ2v) is 10.9. The van der Waals surface area contributed by atoms with Gasteiger partial charge < -0.3 is 15.1 Å².